The van der Waals surface area contributed by atoms with E-state index in [1.54, 1.807) is 38.1 Å². The summed E-state index contributed by atoms with van der Waals surface area (Å²) in [7, 11) is 0. The second kappa shape index (κ2) is 12.4. The number of ether oxygens (including phenoxy) is 4. The van der Waals surface area contributed by atoms with Crippen LogP contribution in [0.4, 0.5) is 21.4 Å². The molecule has 4 heterocycles. The van der Waals surface area contributed by atoms with Crippen molar-refractivity contribution in [2.24, 2.45) is 0 Å². The van der Waals surface area contributed by atoms with Gasteiger partial charge in [0.2, 0.25) is 5.95 Å². The van der Waals surface area contributed by atoms with E-state index in [1.807, 2.05) is 42.5 Å². The molecule has 3 aromatic rings. The molecule has 0 aliphatic carbocycles. The Morgan fingerprint density at radius 2 is 1.76 bits per heavy atom. The van der Waals surface area contributed by atoms with Gasteiger partial charge < -0.3 is 28.7 Å². The minimum atomic E-state index is -0.635. The van der Waals surface area contributed by atoms with E-state index in [0.29, 0.717) is 56.4 Å². The highest BCUT2D eigenvalue weighted by atomic mass is 16.6. The van der Waals surface area contributed by atoms with Gasteiger partial charge in [0.1, 0.15) is 29.9 Å². The molecule has 5 rings (SSSR count). The van der Waals surface area contributed by atoms with Crippen LogP contribution in [0.15, 0.2) is 54.9 Å². The van der Waals surface area contributed by atoms with E-state index in [4.69, 9.17) is 23.9 Å². The molecule has 0 bridgehead atoms. The maximum atomic E-state index is 12.4. The average molecular weight is 563 g/mol. The summed E-state index contributed by atoms with van der Waals surface area (Å²) in [6, 6.07) is 13.3. The second-order valence-corrected chi connectivity index (χ2v) is 10.8. The number of nitrogens with one attached hydrogen (secondary N) is 1. The van der Waals surface area contributed by atoms with E-state index in [1.165, 1.54) is 0 Å². The van der Waals surface area contributed by atoms with Gasteiger partial charge in [0.25, 0.3) is 0 Å². The Bertz CT molecular complexity index is 1340. The van der Waals surface area contributed by atoms with Crippen molar-refractivity contribution >= 4 is 24.0 Å². The number of nitrogens with zero attached hydrogens (tertiary/aromatic N) is 5. The van der Waals surface area contributed by atoms with E-state index in [9.17, 15) is 9.59 Å². The Morgan fingerprint density at radius 1 is 1.05 bits per heavy atom. The fourth-order valence-corrected chi connectivity index (χ4v) is 4.25. The SMILES string of the molecule is CC(C)(C)OC(=O)Nc1ncc(-c2cc(OC3CN(C(=O)OCc4ccccc4)C3)cc(N3CCOCC3)n2)cn1. The third-order valence-electron chi connectivity index (χ3n) is 6.29. The molecular formula is C29H34N6O6. The molecule has 2 amide bonds. The first kappa shape index (κ1) is 28.1. The number of hydrogen-bond donors (Lipinski definition) is 1. The summed E-state index contributed by atoms with van der Waals surface area (Å²) in [6.07, 6.45) is 2.00. The van der Waals surface area contributed by atoms with E-state index in [-0.39, 0.29) is 24.8 Å². The van der Waals surface area contributed by atoms with Gasteiger partial charge in [0.15, 0.2) is 0 Å². The standard InChI is InChI=1S/C29H34N6O6/c1-29(2,3)41-27(36)33-26-30-15-21(16-31-26)24-13-22(14-25(32-24)34-9-11-38-12-10-34)40-23-17-35(18-23)28(37)39-19-20-7-5-4-6-8-20/h4-8,13-16,23H,9-12,17-19H2,1-3H3,(H,30,31,33,36). The van der Waals surface area contributed by atoms with Crippen LogP contribution in [-0.4, -0.2) is 83.1 Å². The normalized spacial score (nSPS) is 15.6. The molecule has 0 saturated carbocycles. The molecule has 2 saturated heterocycles. The lowest BCUT2D eigenvalue weighted by Gasteiger charge is -2.38. The van der Waals surface area contributed by atoms with Crippen molar-refractivity contribution in [3.05, 3.63) is 60.4 Å². The zero-order chi connectivity index (χ0) is 28.8. The van der Waals surface area contributed by atoms with Crippen molar-refractivity contribution in [1.29, 1.82) is 0 Å². The summed E-state index contributed by atoms with van der Waals surface area (Å²) in [5, 5.41) is 2.53. The van der Waals surface area contributed by atoms with Gasteiger partial charge in [-0.05, 0) is 26.3 Å². The first-order chi connectivity index (χ1) is 19.7. The number of rotatable bonds is 7. The van der Waals surface area contributed by atoms with Crippen LogP contribution in [0.1, 0.15) is 26.3 Å². The van der Waals surface area contributed by atoms with E-state index < -0.39 is 11.7 Å². The lowest BCUT2D eigenvalue weighted by Crippen LogP contribution is -2.56. The Kier molecular flexibility index (Phi) is 8.48. The number of likely N-dealkylation sites (tertiary alicyclic amines) is 1. The van der Waals surface area contributed by atoms with Gasteiger partial charge >= 0.3 is 12.2 Å². The van der Waals surface area contributed by atoms with Crippen LogP contribution in [-0.2, 0) is 20.8 Å². The number of hydrogen-bond acceptors (Lipinski definition) is 10. The van der Waals surface area contributed by atoms with E-state index >= 15 is 0 Å². The fourth-order valence-electron chi connectivity index (χ4n) is 4.25. The van der Waals surface area contributed by atoms with Crippen molar-refractivity contribution in [3.63, 3.8) is 0 Å². The molecule has 1 aromatic carbocycles. The minimum Gasteiger partial charge on any atom is -0.486 e. The van der Waals surface area contributed by atoms with Crippen LogP contribution < -0.4 is 15.0 Å². The molecule has 2 aromatic heterocycles. The van der Waals surface area contributed by atoms with Gasteiger partial charge in [0, 0.05) is 43.2 Å². The summed E-state index contributed by atoms with van der Waals surface area (Å²) < 4.78 is 22.4. The molecule has 0 radical (unpaired) electrons. The Labute approximate surface area is 238 Å². The molecule has 12 nitrogen and oxygen atoms in total. The van der Waals surface area contributed by atoms with Crippen LogP contribution in [0, 0.1) is 0 Å². The van der Waals surface area contributed by atoms with E-state index in [2.05, 4.69) is 20.2 Å². The summed E-state index contributed by atoms with van der Waals surface area (Å²) in [6.45, 7) is 9.04. The maximum Gasteiger partial charge on any atom is 0.414 e. The zero-order valence-electron chi connectivity index (χ0n) is 23.4. The molecule has 216 valence electrons. The van der Waals surface area contributed by atoms with Gasteiger partial charge in [-0.15, -0.1) is 0 Å². The number of aromatic nitrogens is 3. The smallest absolute Gasteiger partial charge is 0.414 e. The molecule has 2 aliphatic rings. The highest BCUT2D eigenvalue weighted by Crippen LogP contribution is 2.29. The molecule has 0 unspecified atom stereocenters. The topological polar surface area (TPSA) is 128 Å². The summed E-state index contributed by atoms with van der Waals surface area (Å²) >= 11 is 0. The lowest BCUT2D eigenvalue weighted by molar-refractivity contribution is 0.00869. The molecule has 2 aliphatic heterocycles. The monoisotopic (exact) mass is 562 g/mol. The molecule has 12 heteroatoms. The summed E-state index contributed by atoms with van der Waals surface area (Å²) in [4.78, 5) is 41.6. The van der Waals surface area contributed by atoms with Crippen LogP contribution in [0.3, 0.4) is 0 Å². The summed E-state index contributed by atoms with van der Waals surface area (Å²) in [5.41, 5.74) is 1.57. The fraction of sp³-hybridized carbons (Fsp3) is 0.414. The Morgan fingerprint density at radius 3 is 2.44 bits per heavy atom. The van der Waals surface area contributed by atoms with Crippen LogP contribution in [0.2, 0.25) is 0 Å². The number of carbonyl (C=O) groups excluding carboxylic acids is 2. The number of morpholine rings is 1. The number of amides is 2. The van der Waals surface area contributed by atoms with Crippen molar-refractivity contribution in [2.75, 3.05) is 49.6 Å². The van der Waals surface area contributed by atoms with Crippen molar-refractivity contribution in [2.45, 2.75) is 39.1 Å². The molecule has 2 fully saturated rings. The Balaban J connectivity index is 1.24. The zero-order valence-corrected chi connectivity index (χ0v) is 23.4. The quantitative estimate of drug-likeness (QED) is 0.449. The number of anilines is 2. The van der Waals surface area contributed by atoms with E-state index in [0.717, 1.165) is 11.4 Å². The van der Waals surface area contributed by atoms with Gasteiger partial charge in [-0.2, -0.15) is 0 Å². The summed E-state index contributed by atoms with van der Waals surface area (Å²) in [5.74, 6) is 1.49. The largest absolute Gasteiger partial charge is 0.486 e. The first-order valence-corrected chi connectivity index (χ1v) is 13.5. The predicted octanol–water partition coefficient (Wildman–Crippen LogP) is 4.12. The molecule has 1 N–H and O–H groups in total. The molecule has 41 heavy (non-hydrogen) atoms. The van der Waals surface area contributed by atoms with Gasteiger partial charge in [0.05, 0.1) is 32.0 Å². The third kappa shape index (κ3) is 7.82. The van der Waals surface area contributed by atoms with Crippen LogP contribution >= 0.6 is 0 Å². The van der Waals surface area contributed by atoms with Crippen LogP contribution in [0.5, 0.6) is 5.75 Å². The first-order valence-electron chi connectivity index (χ1n) is 13.5. The van der Waals surface area contributed by atoms with Gasteiger partial charge in [-0.1, -0.05) is 30.3 Å². The predicted molar refractivity (Wildman–Crippen MR) is 151 cm³/mol. The minimum absolute atomic E-state index is 0.123. The van der Waals surface area contributed by atoms with Crippen LogP contribution in [0.25, 0.3) is 11.3 Å². The lowest BCUT2D eigenvalue weighted by atomic mass is 10.1. The molecular weight excluding hydrogens is 528 g/mol. The average Bonchev–Trinajstić information content (AvgIpc) is 2.94. The van der Waals surface area contributed by atoms with Gasteiger partial charge in [-0.3, -0.25) is 5.32 Å². The van der Waals surface area contributed by atoms with Crippen molar-refractivity contribution in [3.8, 4) is 17.0 Å². The van der Waals surface area contributed by atoms with Gasteiger partial charge in [-0.25, -0.2) is 24.5 Å². The van der Waals surface area contributed by atoms with Crippen molar-refractivity contribution in [1.82, 2.24) is 19.9 Å². The third-order valence-corrected chi connectivity index (χ3v) is 6.29. The number of pyridine rings is 1. The number of benzene rings is 1. The Hall–Kier alpha value is -4.45. The highest BCUT2D eigenvalue weighted by Gasteiger charge is 2.34. The highest BCUT2D eigenvalue weighted by molar-refractivity contribution is 5.82. The number of carbonyl (C=O) groups is 2. The maximum absolute atomic E-state index is 12.4. The van der Waals surface area contributed by atoms with Crippen molar-refractivity contribution < 1.29 is 28.5 Å². The second-order valence-electron chi connectivity index (χ2n) is 10.8. The molecule has 0 atom stereocenters. The molecule has 0 spiro atoms.